The van der Waals surface area contributed by atoms with Gasteiger partial charge in [0, 0.05) is 28.9 Å². The number of nitrogens with two attached hydrogens (primary N) is 1. The van der Waals surface area contributed by atoms with Gasteiger partial charge in [-0.2, -0.15) is 0 Å². The number of carbonyl (C=O) groups excluding carboxylic acids is 1. The lowest BCUT2D eigenvalue weighted by molar-refractivity contribution is 0.0943. The Balaban J connectivity index is 2.64. The molecule has 0 radical (unpaired) electrons. The molecule has 4 nitrogen and oxygen atoms in total. The van der Waals surface area contributed by atoms with Crippen molar-refractivity contribution in [3.05, 3.63) is 28.8 Å². The van der Waals surface area contributed by atoms with E-state index < -0.39 is 0 Å². The number of hydrogen-bond donors (Lipinski definition) is 2. The zero-order valence-corrected chi connectivity index (χ0v) is 11.1. The molecule has 94 valence electrons. The number of benzene rings is 1. The van der Waals surface area contributed by atoms with Crippen LogP contribution in [0.2, 0.25) is 5.02 Å². The Morgan fingerprint density at radius 3 is 2.65 bits per heavy atom. The second-order valence-electron chi connectivity index (χ2n) is 4.30. The van der Waals surface area contributed by atoms with Crippen LogP contribution < -0.4 is 11.1 Å². The van der Waals surface area contributed by atoms with Gasteiger partial charge in [-0.15, -0.1) is 0 Å². The molecule has 0 fully saturated rings. The largest absolute Gasteiger partial charge is 0.399 e. The maximum Gasteiger partial charge on any atom is 0.251 e. The SMILES string of the molecule is CC(CNC(=O)c1cc(N)cc(Cl)c1)N(C)C. The molecule has 0 aliphatic carbocycles. The van der Waals surface area contributed by atoms with Crippen molar-refractivity contribution < 1.29 is 4.79 Å². The molecule has 0 bridgehead atoms. The highest BCUT2D eigenvalue weighted by Gasteiger charge is 2.10. The Hall–Kier alpha value is -1.26. The average molecular weight is 256 g/mol. The first kappa shape index (κ1) is 13.8. The Bertz CT molecular complexity index is 386. The molecule has 0 saturated heterocycles. The number of halogens is 1. The van der Waals surface area contributed by atoms with Gasteiger partial charge in [0.1, 0.15) is 0 Å². The Morgan fingerprint density at radius 2 is 2.12 bits per heavy atom. The standard InChI is InChI=1S/C12H18ClN3O/c1-8(16(2)3)7-15-12(17)9-4-10(13)6-11(14)5-9/h4-6,8H,7,14H2,1-3H3,(H,15,17). The lowest BCUT2D eigenvalue weighted by Gasteiger charge is -2.20. The maximum atomic E-state index is 11.8. The van der Waals surface area contributed by atoms with E-state index in [4.69, 9.17) is 17.3 Å². The van der Waals surface area contributed by atoms with Gasteiger partial charge < -0.3 is 16.0 Å². The summed E-state index contributed by atoms with van der Waals surface area (Å²) in [4.78, 5) is 13.9. The second kappa shape index (κ2) is 5.89. The van der Waals surface area contributed by atoms with Gasteiger partial charge in [0.2, 0.25) is 0 Å². The van der Waals surface area contributed by atoms with Crippen LogP contribution in [0.15, 0.2) is 18.2 Å². The maximum absolute atomic E-state index is 11.8. The smallest absolute Gasteiger partial charge is 0.251 e. The molecule has 0 aromatic heterocycles. The summed E-state index contributed by atoms with van der Waals surface area (Å²) in [5.74, 6) is -0.159. The Kier molecular flexibility index (Phi) is 4.78. The van der Waals surface area contributed by atoms with E-state index in [1.165, 1.54) is 0 Å². The second-order valence-corrected chi connectivity index (χ2v) is 4.73. The van der Waals surface area contributed by atoms with Gasteiger partial charge in [-0.3, -0.25) is 4.79 Å². The third kappa shape index (κ3) is 4.24. The molecular formula is C12H18ClN3O. The quantitative estimate of drug-likeness (QED) is 0.804. The minimum absolute atomic E-state index is 0.159. The number of amides is 1. The average Bonchev–Trinajstić information content (AvgIpc) is 2.23. The summed E-state index contributed by atoms with van der Waals surface area (Å²) in [6.45, 7) is 2.62. The molecule has 0 heterocycles. The van der Waals surface area contributed by atoms with Crippen LogP contribution in [0.5, 0.6) is 0 Å². The van der Waals surface area contributed by atoms with E-state index >= 15 is 0 Å². The molecule has 1 aromatic rings. The van der Waals surface area contributed by atoms with Crippen molar-refractivity contribution in [3.63, 3.8) is 0 Å². The molecule has 5 heteroatoms. The molecule has 1 atom stereocenters. The lowest BCUT2D eigenvalue weighted by atomic mass is 10.2. The van der Waals surface area contributed by atoms with Crippen LogP contribution in [0.25, 0.3) is 0 Å². The van der Waals surface area contributed by atoms with Crippen molar-refractivity contribution in [1.29, 1.82) is 0 Å². The third-order valence-electron chi connectivity index (χ3n) is 2.62. The van der Waals surface area contributed by atoms with Crippen LogP contribution in [0, 0.1) is 0 Å². The summed E-state index contributed by atoms with van der Waals surface area (Å²) in [7, 11) is 3.93. The number of carbonyl (C=O) groups is 1. The number of likely N-dealkylation sites (N-methyl/N-ethyl adjacent to an activating group) is 1. The summed E-state index contributed by atoms with van der Waals surface area (Å²) in [5, 5.41) is 3.31. The molecule has 0 aliphatic rings. The number of anilines is 1. The Morgan fingerprint density at radius 1 is 1.47 bits per heavy atom. The van der Waals surface area contributed by atoms with Crippen molar-refractivity contribution in [3.8, 4) is 0 Å². The van der Waals surface area contributed by atoms with Crippen LogP contribution in [-0.2, 0) is 0 Å². The molecule has 1 aromatic carbocycles. The lowest BCUT2D eigenvalue weighted by Crippen LogP contribution is -2.38. The van der Waals surface area contributed by atoms with Gasteiger partial charge in [-0.05, 0) is 39.2 Å². The molecule has 0 aliphatic heterocycles. The number of nitrogens with zero attached hydrogens (tertiary/aromatic N) is 1. The molecule has 3 N–H and O–H groups in total. The van der Waals surface area contributed by atoms with Crippen LogP contribution >= 0.6 is 11.6 Å². The van der Waals surface area contributed by atoms with E-state index in [1.54, 1.807) is 18.2 Å². The molecule has 1 rings (SSSR count). The van der Waals surface area contributed by atoms with Gasteiger partial charge in [-0.1, -0.05) is 11.6 Å². The van der Waals surface area contributed by atoms with Gasteiger partial charge in [0.25, 0.3) is 5.91 Å². The first-order valence-electron chi connectivity index (χ1n) is 5.41. The minimum atomic E-state index is -0.159. The Labute approximate surface area is 107 Å². The number of nitrogen functional groups attached to an aromatic ring is 1. The van der Waals surface area contributed by atoms with E-state index in [1.807, 2.05) is 25.9 Å². The van der Waals surface area contributed by atoms with Crippen LogP contribution in [0.4, 0.5) is 5.69 Å². The molecule has 17 heavy (non-hydrogen) atoms. The van der Waals surface area contributed by atoms with Crippen molar-refractivity contribution >= 4 is 23.2 Å². The van der Waals surface area contributed by atoms with Gasteiger partial charge >= 0.3 is 0 Å². The fraction of sp³-hybridized carbons (Fsp3) is 0.417. The zero-order valence-electron chi connectivity index (χ0n) is 10.3. The number of nitrogens with one attached hydrogen (secondary N) is 1. The van der Waals surface area contributed by atoms with Crippen molar-refractivity contribution in [2.24, 2.45) is 0 Å². The zero-order chi connectivity index (χ0) is 13.0. The third-order valence-corrected chi connectivity index (χ3v) is 2.84. The molecule has 1 unspecified atom stereocenters. The molecular weight excluding hydrogens is 238 g/mol. The highest BCUT2D eigenvalue weighted by molar-refractivity contribution is 6.31. The molecule has 0 spiro atoms. The minimum Gasteiger partial charge on any atom is -0.399 e. The van der Waals surface area contributed by atoms with E-state index in [0.717, 1.165) is 0 Å². The first-order valence-corrected chi connectivity index (χ1v) is 5.78. The highest BCUT2D eigenvalue weighted by atomic mass is 35.5. The summed E-state index contributed by atoms with van der Waals surface area (Å²) in [5.41, 5.74) is 6.60. The normalized spacial score (nSPS) is 12.5. The fourth-order valence-corrected chi connectivity index (χ4v) is 1.51. The predicted octanol–water partition coefficient (Wildman–Crippen LogP) is 1.60. The molecule has 0 saturated carbocycles. The van der Waals surface area contributed by atoms with Gasteiger partial charge in [-0.25, -0.2) is 0 Å². The number of rotatable bonds is 4. The van der Waals surface area contributed by atoms with Crippen molar-refractivity contribution in [1.82, 2.24) is 10.2 Å². The number of hydrogen-bond acceptors (Lipinski definition) is 3. The van der Waals surface area contributed by atoms with Crippen molar-refractivity contribution in [2.75, 3.05) is 26.4 Å². The predicted molar refractivity (Wildman–Crippen MR) is 71.3 cm³/mol. The van der Waals surface area contributed by atoms with Crippen LogP contribution in [-0.4, -0.2) is 37.5 Å². The molecule has 1 amide bonds. The van der Waals surface area contributed by atoms with Crippen LogP contribution in [0.1, 0.15) is 17.3 Å². The first-order chi connectivity index (χ1) is 7.90. The fourth-order valence-electron chi connectivity index (χ4n) is 1.27. The monoisotopic (exact) mass is 255 g/mol. The van der Waals surface area contributed by atoms with Crippen molar-refractivity contribution in [2.45, 2.75) is 13.0 Å². The topological polar surface area (TPSA) is 58.4 Å². The van der Waals surface area contributed by atoms with E-state index in [2.05, 4.69) is 5.32 Å². The van der Waals surface area contributed by atoms with Gasteiger partial charge in [0.05, 0.1) is 0 Å². The summed E-state index contributed by atoms with van der Waals surface area (Å²) >= 11 is 5.84. The van der Waals surface area contributed by atoms with E-state index in [0.29, 0.717) is 22.8 Å². The highest BCUT2D eigenvalue weighted by Crippen LogP contribution is 2.16. The summed E-state index contributed by atoms with van der Waals surface area (Å²) < 4.78 is 0. The van der Waals surface area contributed by atoms with E-state index in [-0.39, 0.29) is 11.9 Å². The summed E-state index contributed by atoms with van der Waals surface area (Å²) in [6.07, 6.45) is 0. The van der Waals surface area contributed by atoms with Crippen LogP contribution in [0.3, 0.4) is 0 Å². The van der Waals surface area contributed by atoms with Gasteiger partial charge in [0.15, 0.2) is 0 Å². The van der Waals surface area contributed by atoms with E-state index in [9.17, 15) is 4.79 Å². The summed E-state index contributed by atoms with van der Waals surface area (Å²) in [6, 6.07) is 5.10.